The topological polar surface area (TPSA) is 59.4 Å². The first-order valence-electron chi connectivity index (χ1n) is 5.48. The maximum absolute atomic E-state index is 11.0. The zero-order chi connectivity index (χ0) is 12.3. The summed E-state index contributed by atoms with van der Waals surface area (Å²) >= 11 is 0. The number of benzene rings is 1. The summed E-state index contributed by atoms with van der Waals surface area (Å²) in [5, 5.41) is 9.66. The van der Waals surface area contributed by atoms with Gasteiger partial charge >= 0.3 is 5.97 Å². The molecule has 1 aromatic carbocycles. The number of nitrogens with zero attached hydrogens (tertiary/aromatic N) is 1. The lowest BCUT2D eigenvalue weighted by Gasteiger charge is -2.06. The van der Waals surface area contributed by atoms with Gasteiger partial charge in [0.15, 0.2) is 0 Å². The number of hydrogen-bond acceptors (Lipinski definition) is 3. The summed E-state index contributed by atoms with van der Waals surface area (Å²) in [6.07, 6.45) is 0.912. The van der Waals surface area contributed by atoms with E-state index in [-0.39, 0.29) is 5.56 Å². The van der Waals surface area contributed by atoms with Crippen LogP contribution in [0.25, 0.3) is 10.9 Å². The Balaban J connectivity index is 2.45. The summed E-state index contributed by atoms with van der Waals surface area (Å²) in [5.74, 6) is -0.415. The van der Waals surface area contributed by atoms with Gasteiger partial charge in [0.2, 0.25) is 5.88 Å². The molecule has 88 valence electrons. The third-order valence-electron chi connectivity index (χ3n) is 2.39. The number of fused-ring (bicyclic) bond motifs is 1. The van der Waals surface area contributed by atoms with Gasteiger partial charge in [-0.15, -0.1) is 0 Å². The molecule has 0 saturated carbocycles. The lowest BCUT2D eigenvalue weighted by molar-refractivity contribution is 0.0699. The molecule has 0 bridgehead atoms. The van der Waals surface area contributed by atoms with Crippen molar-refractivity contribution in [1.29, 1.82) is 0 Å². The molecule has 0 radical (unpaired) electrons. The van der Waals surface area contributed by atoms with Gasteiger partial charge in [0.05, 0.1) is 17.7 Å². The summed E-state index contributed by atoms with van der Waals surface area (Å²) in [5.41, 5.74) is 0.899. The van der Waals surface area contributed by atoms with Gasteiger partial charge in [0, 0.05) is 11.5 Å². The van der Waals surface area contributed by atoms with E-state index in [4.69, 9.17) is 9.84 Å². The minimum absolute atomic E-state index is 0.261. The minimum atomic E-state index is -0.945. The molecule has 0 spiro atoms. The normalized spacial score (nSPS) is 10.4. The lowest BCUT2D eigenvalue weighted by Crippen LogP contribution is -2.00. The van der Waals surface area contributed by atoms with Crippen molar-refractivity contribution in [2.75, 3.05) is 6.61 Å². The highest BCUT2D eigenvalue weighted by atomic mass is 16.5. The molecule has 4 nitrogen and oxygen atoms in total. The molecule has 4 heteroatoms. The van der Waals surface area contributed by atoms with Gasteiger partial charge in [-0.2, -0.15) is 0 Å². The Kier molecular flexibility index (Phi) is 3.23. The molecular weight excluding hydrogens is 218 g/mol. The summed E-state index contributed by atoms with van der Waals surface area (Å²) in [4.78, 5) is 15.3. The molecule has 17 heavy (non-hydrogen) atoms. The number of aromatic nitrogens is 1. The van der Waals surface area contributed by atoms with E-state index in [9.17, 15) is 4.79 Å². The average Bonchev–Trinajstić information content (AvgIpc) is 2.35. The van der Waals surface area contributed by atoms with Crippen LogP contribution in [-0.4, -0.2) is 22.7 Å². The van der Waals surface area contributed by atoms with Gasteiger partial charge in [0.1, 0.15) is 0 Å². The van der Waals surface area contributed by atoms with E-state index in [1.54, 1.807) is 30.3 Å². The molecule has 0 atom stereocenters. The number of carbonyl (C=O) groups is 1. The Morgan fingerprint density at radius 1 is 1.35 bits per heavy atom. The van der Waals surface area contributed by atoms with Crippen LogP contribution >= 0.6 is 0 Å². The molecule has 0 saturated heterocycles. The summed E-state index contributed by atoms with van der Waals surface area (Å²) in [7, 11) is 0. The van der Waals surface area contributed by atoms with Gasteiger partial charge in [-0.05, 0) is 24.6 Å². The van der Waals surface area contributed by atoms with Crippen molar-refractivity contribution in [2.45, 2.75) is 13.3 Å². The monoisotopic (exact) mass is 231 g/mol. The van der Waals surface area contributed by atoms with Crippen LogP contribution in [0.1, 0.15) is 23.7 Å². The summed E-state index contributed by atoms with van der Waals surface area (Å²) in [6, 6.07) is 8.46. The molecule has 0 unspecified atom stereocenters. The van der Waals surface area contributed by atoms with E-state index >= 15 is 0 Å². The number of rotatable bonds is 4. The van der Waals surface area contributed by atoms with Gasteiger partial charge in [0.25, 0.3) is 0 Å². The highest BCUT2D eigenvalue weighted by molar-refractivity contribution is 6.02. The van der Waals surface area contributed by atoms with Gasteiger partial charge in [-0.3, -0.25) is 0 Å². The maximum atomic E-state index is 11.0. The predicted molar refractivity (Wildman–Crippen MR) is 64.5 cm³/mol. The molecular formula is C13H13NO3. The van der Waals surface area contributed by atoms with E-state index in [0.29, 0.717) is 23.4 Å². The van der Waals surface area contributed by atoms with E-state index in [1.165, 1.54) is 0 Å². The van der Waals surface area contributed by atoms with Crippen LogP contribution in [0.15, 0.2) is 30.3 Å². The second kappa shape index (κ2) is 4.82. The number of carboxylic acid groups (broad SMARTS) is 1. The average molecular weight is 231 g/mol. The zero-order valence-electron chi connectivity index (χ0n) is 9.51. The van der Waals surface area contributed by atoms with Crippen molar-refractivity contribution in [1.82, 2.24) is 4.98 Å². The molecule has 0 amide bonds. The number of hydrogen-bond donors (Lipinski definition) is 1. The Labute approximate surface area is 98.9 Å². The second-order valence-electron chi connectivity index (χ2n) is 3.68. The lowest BCUT2D eigenvalue weighted by atomic mass is 10.1. The van der Waals surface area contributed by atoms with Crippen LogP contribution in [0.5, 0.6) is 5.88 Å². The molecule has 0 aliphatic heterocycles. The van der Waals surface area contributed by atoms with Crippen LogP contribution in [0.2, 0.25) is 0 Å². The minimum Gasteiger partial charge on any atom is -0.478 e. The quantitative estimate of drug-likeness (QED) is 0.878. The van der Waals surface area contributed by atoms with Gasteiger partial charge < -0.3 is 9.84 Å². The molecule has 1 N–H and O–H groups in total. The summed E-state index contributed by atoms with van der Waals surface area (Å²) in [6.45, 7) is 2.63. The van der Waals surface area contributed by atoms with Crippen LogP contribution in [0.3, 0.4) is 0 Å². The largest absolute Gasteiger partial charge is 0.478 e. The number of ether oxygens (including phenoxy) is 1. The van der Waals surface area contributed by atoms with Gasteiger partial charge in [-0.1, -0.05) is 13.0 Å². The fourth-order valence-corrected chi connectivity index (χ4v) is 1.61. The highest BCUT2D eigenvalue weighted by Gasteiger charge is 2.09. The van der Waals surface area contributed by atoms with Gasteiger partial charge in [-0.25, -0.2) is 9.78 Å². The molecule has 2 aromatic rings. The fourth-order valence-electron chi connectivity index (χ4n) is 1.61. The molecule has 2 rings (SSSR count). The highest BCUT2D eigenvalue weighted by Crippen LogP contribution is 2.20. The Bertz CT molecular complexity index is 551. The maximum Gasteiger partial charge on any atom is 0.336 e. The van der Waals surface area contributed by atoms with Crippen LogP contribution < -0.4 is 4.74 Å². The van der Waals surface area contributed by atoms with E-state index in [1.807, 2.05) is 6.92 Å². The molecule has 0 aliphatic rings. The number of pyridine rings is 1. The van der Waals surface area contributed by atoms with Crippen molar-refractivity contribution in [2.24, 2.45) is 0 Å². The first kappa shape index (κ1) is 11.4. The van der Waals surface area contributed by atoms with Crippen molar-refractivity contribution >= 4 is 16.9 Å². The van der Waals surface area contributed by atoms with E-state index in [0.717, 1.165) is 6.42 Å². The first-order chi connectivity index (χ1) is 8.22. The summed E-state index contributed by atoms with van der Waals surface area (Å²) < 4.78 is 5.41. The predicted octanol–water partition coefficient (Wildman–Crippen LogP) is 2.72. The number of aromatic carboxylic acids is 1. The zero-order valence-corrected chi connectivity index (χ0v) is 9.51. The third-order valence-corrected chi connectivity index (χ3v) is 2.39. The van der Waals surface area contributed by atoms with Crippen molar-refractivity contribution in [3.8, 4) is 5.88 Å². The van der Waals surface area contributed by atoms with Crippen LogP contribution in [0.4, 0.5) is 0 Å². The van der Waals surface area contributed by atoms with Crippen LogP contribution in [0, 0.1) is 0 Å². The van der Waals surface area contributed by atoms with Crippen molar-refractivity contribution in [3.05, 3.63) is 35.9 Å². The molecule has 1 aromatic heterocycles. The van der Waals surface area contributed by atoms with Crippen LogP contribution in [-0.2, 0) is 0 Å². The van der Waals surface area contributed by atoms with E-state index in [2.05, 4.69) is 4.98 Å². The third kappa shape index (κ3) is 2.36. The first-order valence-corrected chi connectivity index (χ1v) is 5.48. The standard InChI is InChI=1S/C13H13NO3/c1-2-8-17-12-7-6-9-10(13(15)16)4-3-5-11(9)14-12/h3-7H,2,8H2,1H3,(H,15,16). The second-order valence-corrected chi connectivity index (χ2v) is 3.68. The smallest absolute Gasteiger partial charge is 0.336 e. The van der Waals surface area contributed by atoms with Crippen molar-refractivity contribution in [3.63, 3.8) is 0 Å². The van der Waals surface area contributed by atoms with Crippen molar-refractivity contribution < 1.29 is 14.6 Å². The SMILES string of the molecule is CCCOc1ccc2c(C(=O)O)cccc2n1. The molecule has 0 aliphatic carbocycles. The fraction of sp³-hybridized carbons (Fsp3) is 0.231. The molecule has 0 fully saturated rings. The van der Waals surface area contributed by atoms with E-state index < -0.39 is 5.97 Å². The Hall–Kier alpha value is -2.10. The molecule has 1 heterocycles. The number of carboxylic acids is 1. The Morgan fingerprint density at radius 2 is 2.18 bits per heavy atom. The Morgan fingerprint density at radius 3 is 2.88 bits per heavy atom.